The first-order valence-electron chi connectivity index (χ1n) is 6.30. The Morgan fingerprint density at radius 2 is 1.59 bits per heavy atom. The summed E-state index contributed by atoms with van der Waals surface area (Å²) >= 11 is -0.384. The Bertz CT molecular complexity index is 448. The van der Waals surface area contributed by atoms with Crippen molar-refractivity contribution in [1.82, 2.24) is 0 Å². The molecule has 0 N–H and O–H groups in total. The van der Waals surface area contributed by atoms with Crippen molar-refractivity contribution >= 4 is 24.7 Å². The molecule has 0 spiro atoms. The molecule has 0 aliphatic carbocycles. The van der Waals surface area contributed by atoms with Crippen LogP contribution in [0.3, 0.4) is 0 Å². The first kappa shape index (κ1) is 12.7. The van der Waals surface area contributed by atoms with E-state index in [9.17, 15) is 0 Å². The van der Waals surface area contributed by atoms with E-state index in [0.717, 1.165) is 0 Å². The summed E-state index contributed by atoms with van der Waals surface area (Å²) in [5, 5.41) is 0. The van der Waals surface area contributed by atoms with Gasteiger partial charge in [-0.05, 0) is 0 Å². The van der Waals surface area contributed by atoms with Gasteiger partial charge in [-0.1, -0.05) is 0 Å². The van der Waals surface area contributed by atoms with Crippen molar-refractivity contribution < 1.29 is 0 Å². The summed E-state index contributed by atoms with van der Waals surface area (Å²) in [6.07, 6.45) is 2.73. The van der Waals surface area contributed by atoms with Crippen LogP contribution in [0.5, 0.6) is 0 Å². The van der Waals surface area contributed by atoms with Crippen LogP contribution < -0.4 is 3.58 Å². The summed E-state index contributed by atoms with van der Waals surface area (Å²) in [4.78, 5) is 0. The van der Waals surface area contributed by atoms with E-state index in [2.05, 4.69) is 61.5 Å². The monoisotopic (exact) mass is 330 g/mol. The number of hydrogen-bond donors (Lipinski definition) is 0. The van der Waals surface area contributed by atoms with E-state index >= 15 is 0 Å². The Balaban J connectivity index is 2.22. The molecule has 0 aromatic heterocycles. The zero-order valence-electron chi connectivity index (χ0n) is 10.3. The summed E-state index contributed by atoms with van der Waals surface area (Å²) in [7, 11) is 0. The molecular weight excluding hydrogens is 311 g/mol. The fourth-order valence-electron chi connectivity index (χ4n) is 1.91. The molecule has 86 valence electrons. The molecule has 0 heterocycles. The summed E-state index contributed by atoms with van der Waals surface area (Å²) in [6.45, 7) is 2.28. The second kappa shape index (κ2) is 6.85. The van der Waals surface area contributed by atoms with Crippen LogP contribution in [0, 0.1) is 0 Å². The topological polar surface area (TPSA) is 0 Å². The Labute approximate surface area is 114 Å². The third-order valence-electron chi connectivity index (χ3n) is 2.86. The van der Waals surface area contributed by atoms with Gasteiger partial charge in [-0.3, -0.25) is 0 Å². The maximum atomic E-state index is 2.34. The van der Waals surface area contributed by atoms with Gasteiger partial charge in [0.2, 0.25) is 0 Å². The molecule has 0 unspecified atom stereocenters. The molecule has 0 amide bonds. The summed E-state index contributed by atoms with van der Waals surface area (Å²) in [5.41, 5.74) is 2.84. The van der Waals surface area contributed by atoms with Gasteiger partial charge < -0.3 is 0 Å². The van der Waals surface area contributed by atoms with Crippen LogP contribution in [0.1, 0.15) is 19.8 Å². The van der Waals surface area contributed by atoms with Crippen LogP contribution in [0.2, 0.25) is 4.44 Å². The molecule has 0 fully saturated rings. The normalized spacial score (nSPS) is 10.4. The Hall–Kier alpha value is -0.761. The van der Waals surface area contributed by atoms with E-state index in [1.54, 1.807) is 3.58 Å². The van der Waals surface area contributed by atoms with Crippen LogP contribution in [0.15, 0.2) is 54.6 Å². The van der Waals surface area contributed by atoms with Gasteiger partial charge in [0, 0.05) is 0 Å². The van der Waals surface area contributed by atoms with Gasteiger partial charge in [0.15, 0.2) is 0 Å². The van der Waals surface area contributed by atoms with Gasteiger partial charge in [0.25, 0.3) is 0 Å². The maximum absolute atomic E-state index is 2.34. The number of benzene rings is 2. The summed E-state index contributed by atoms with van der Waals surface area (Å²) in [5.74, 6) is 0. The van der Waals surface area contributed by atoms with Crippen LogP contribution in [0.25, 0.3) is 11.1 Å². The van der Waals surface area contributed by atoms with E-state index in [1.165, 1.54) is 28.4 Å². The third kappa shape index (κ3) is 3.60. The quantitative estimate of drug-likeness (QED) is 0.577. The molecule has 1 heteroatoms. The van der Waals surface area contributed by atoms with E-state index in [4.69, 9.17) is 0 Å². The Kier molecular flexibility index (Phi) is 5.11. The van der Waals surface area contributed by atoms with E-state index in [0.29, 0.717) is 0 Å². The van der Waals surface area contributed by atoms with Crippen molar-refractivity contribution in [2.24, 2.45) is 0 Å². The van der Waals surface area contributed by atoms with Gasteiger partial charge in [0.05, 0.1) is 0 Å². The zero-order valence-corrected chi connectivity index (χ0v) is 13.2. The van der Waals surface area contributed by atoms with Gasteiger partial charge in [-0.25, -0.2) is 0 Å². The first-order chi connectivity index (χ1) is 8.42. The molecule has 2 rings (SSSR count). The summed E-state index contributed by atoms with van der Waals surface area (Å²) in [6, 6.07) is 19.7. The van der Waals surface area contributed by atoms with Crippen molar-refractivity contribution in [3.05, 3.63) is 54.6 Å². The fourth-order valence-corrected chi connectivity index (χ4v) is 5.99. The average Bonchev–Trinajstić information content (AvgIpc) is 2.41. The second-order valence-corrected chi connectivity index (χ2v) is 8.17. The fraction of sp³-hybridized carbons (Fsp3) is 0.250. The number of hydrogen-bond acceptors (Lipinski definition) is 0. The molecule has 0 saturated heterocycles. The van der Waals surface area contributed by atoms with E-state index < -0.39 is 0 Å². The predicted octanol–water partition coefficient (Wildman–Crippen LogP) is 3.90. The predicted molar refractivity (Wildman–Crippen MR) is 77.0 cm³/mol. The molecule has 2 aromatic rings. The van der Waals surface area contributed by atoms with Crippen LogP contribution in [-0.2, 0) is 0 Å². The molecule has 0 aliphatic heterocycles. The molecule has 0 bridgehead atoms. The van der Waals surface area contributed by atoms with Gasteiger partial charge in [-0.15, -0.1) is 0 Å². The van der Waals surface area contributed by atoms with Crippen LogP contribution >= 0.6 is 0 Å². The SMILES string of the molecule is CCC[CH2][Sn][c]1ccccc1-c1ccccc1. The summed E-state index contributed by atoms with van der Waals surface area (Å²) < 4.78 is 3.11. The van der Waals surface area contributed by atoms with Crippen LogP contribution in [0.4, 0.5) is 0 Å². The zero-order chi connectivity index (χ0) is 11.9. The Morgan fingerprint density at radius 1 is 0.882 bits per heavy atom. The molecule has 0 saturated carbocycles. The minimum atomic E-state index is -0.384. The molecule has 2 radical (unpaired) electrons. The molecule has 0 aliphatic rings. The third-order valence-corrected chi connectivity index (χ3v) is 6.91. The number of unbranched alkanes of at least 4 members (excludes halogenated alkanes) is 1. The molecular formula is C16H18Sn. The standard InChI is InChI=1S/C12H9.C4H9.Sn/c1-3-7-11(8-4-1)12-9-5-2-6-10-12;1-3-4-2;/h1-9H;1,3-4H2,2H3;. The molecule has 2 aromatic carbocycles. The van der Waals surface area contributed by atoms with E-state index in [-0.39, 0.29) is 21.1 Å². The Morgan fingerprint density at radius 3 is 2.35 bits per heavy atom. The van der Waals surface area contributed by atoms with Crippen molar-refractivity contribution in [3.63, 3.8) is 0 Å². The average molecular weight is 329 g/mol. The van der Waals surface area contributed by atoms with Crippen LogP contribution in [-0.4, -0.2) is 21.1 Å². The van der Waals surface area contributed by atoms with Crippen molar-refractivity contribution in [1.29, 1.82) is 0 Å². The van der Waals surface area contributed by atoms with Crippen molar-refractivity contribution in [2.45, 2.75) is 24.2 Å². The van der Waals surface area contributed by atoms with E-state index in [1.807, 2.05) is 0 Å². The minimum absolute atomic E-state index is 0.384. The first-order valence-corrected chi connectivity index (χ1v) is 9.74. The van der Waals surface area contributed by atoms with Crippen molar-refractivity contribution in [2.75, 3.05) is 0 Å². The number of rotatable bonds is 5. The van der Waals surface area contributed by atoms with Gasteiger partial charge in [-0.2, -0.15) is 0 Å². The van der Waals surface area contributed by atoms with Crippen molar-refractivity contribution in [3.8, 4) is 11.1 Å². The van der Waals surface area contributed by atoms with Gasteiger partial charge in [0.1, 0.15) is 0 Å². The van der Waals surface area contributed by atoms with Gasteiger partial charge >= 0.3 is 115 Å². The molecule has 17 heavy (non-hydrogen) atoms. The second-order valence-electron chi connectivity index (χ2n) is 4.19. The molecule has 0 atom stereocenters. The molecule has 0 nitrogen and oxygen atoms in total.